The number of aromatic nitrogens is 2. The van der Waals surface area contributed by atoms with Crippen molar-refractivity contribution in [3.8, 4) is 11.3 Å². The predicted octanol–water partition coefficient (Wildman–Crippen LogP) is 4.63. The van der Waals surface area contributed by atoms with Crippen LogP contribution in [-0.4, -0.2) is 9.55 Å². The van der Waals surface area contributed by atoms with Crippen LogP contribution >= 0.6 is 11.6 Å². The maximum atomic E-state index is 13.3. The fourth-order valence-corrected chi connectivity index (χ4v) is 2.66. The fraction of sp³-hybridized carbons (Fsp3) is 0.438. The molecule has 0 aliphatic rings. The Morgan fingerprint density at radius 3 is 2.52 bits per heavy atom. The number of hydrogen-bond donors (Lipinski definition) is 1. The number of halogens is 2. The molecule has 1 aromatic carbocycles. The van der Waals surface area contributed by atoms with Crippen molar-refractivity contribution in [3.63, 3.8) is 0 Å². The molecule has 0 spiro atoms. The Kier molecular flexibility index (Phi) is 4.28. The monoisotopic (exact) mass is 309 g/mol. The van der Waals surface area contributed by atoms with E-state index in [0.717, 1.165) is 24.2 Å². The summed E-state index contributed by atoms with van der Waals surface area (Å²) in [7, 11) is 0. The minimum atomic E-state index is -0.442. The molecule has 114 valence electrons. The number of nitrogens with zero attached hydrogens (tertiary/aromatic N) is 2. The Hall–Kier alpha value is -1.55. The van der Waals surface area contributed by atoms with Gasteiger partial charge in [-0.2, -0.15) is 0 Å². The topological polar surface area (TPSA) is 43.8 Å². The van der Waals surface area contributed by atoms with Gasteiger partial charge in [-0.3, -0.25) is 0 Å². The Bertz CT molecular complexity index is 656. The largest absolute Gasteiger partial charge is 0.383 e. The zero-order valence-corrected chi connectivity index (χ0v) is 13.6. The highest BCUT2D eigenvalue weighted by molar-refractivity contribution is 6.31. The van der Waals surface area contributed by atoms with Gasteiger partial charge in [0.1, 0.15) is 23.2 Å². The lowest BCUT2D eigenvalue weighted by Gasteiger charge is -2.25. The van der Waals surface area contributed by atoms with E-state index in [4.69, 9.17) is 17.3 Å². The molecule has 0 saturated heterocycles. The van der Waals surface area contributed by atoms with Crippen LogP contribution in [0.4, 0.5) is 10.2 Å². The van der Waals surface area contributed by atoms with Crippen LogP contribution in [0.15, 0.2) is 18.2 Å². The second-order valence-electron chi connectivity index (χ2n) is 6.15. The van der Waals surface area contributed by atoms with Gasteiger partial charge in [0.25, 0.3) is 0 Å². The minimum Gasteiger partial charge on any atom is -0.383 e. The molecule has 21 heavy (non-hydrogen) atoms. The number of hydrogen-bond acceptors (Lipinski definition) is 2. The first-order chi connectivity index (χ1) is 9.75. The van der Waals surface area contributed by atoms with Gasteiger partial charge in [0, 0.05) is 17.5 Å². The minimum absolute atomic E-state index is 0.0780. The SMILES string of the molecule is CCCc1nc(-c2ccc(F)c(Cl)c2)c(N)n1C(C)(C)C. The number of nitrogens with two attached hydrogens (primary N) is 1. The third-order valence-electron chi connectivity index (χ3n) is 3.32. The van der Waals surface area contributed by atoms with Gasteiger partial charge in [-0.15, -0.1) is 0 Å². The van der Waals surface area contributed by atoms with Crippen LogP contribution in [0.25, 0.3) is 11.3 Å². The third kappa shape index (κ3) is 3.05. The van der Waals surface area contributed by atoms with Crippen molar-refractivity contribution in [3.05, 3.63) is 34.9 Å². The van der Waals surface area contributed by atoms with Crippen molar-refractivity contribution in [2.24, 2.45) is 0 Å². The van der Waals surface area contributed by atoms with Gasteiger partial charge in [0.05, 0.1) is 5.02 Å². The summed E-state index contributed by atoms with van der Waals surface area (Å²) >= 11 is 5.86. The maximum absolute atomic E-state index is 13.3. The maximum Gasteiger partial charge on any atom is 0.141 e. The predicted molar refractivity (Wildman–Crippen MR) is 86.0 cm³/mol. The van der Waals surface area contributed by atoms with Crippen molar-refractivity contribution in [1.82, 2.24) is 9.55 Å². The van der Waals surface area contributed by atoms with E-state index in [9.17, 15) is 4.39 Å². The van der Waals surface area contributed by atoms with E-state index in [-0.39, 0.29) is 10.6 Å². The molecule has 0 aliphatic carbocycles. The molecule has 2 N–H and O–H groups in total. The molecule has 1 aromatic heterocycles. The highest BCUT2D eigenvalue weighted by atomic mass is 35.5. The van der Waals surface area contributed by atoms with Crippen molar-refractivity contribution in [1.29, 1.82) is 0 Å². The lowest BCUT2D eigenvalue weighted by molar-refractivity contribution is 0.387. The van der Waals surface area contributed by atoms with Crippen molar-refractivity contribution in [2.45, 2.75) is 46.1 Å². The van der Waals surface area contributed by atoms with Gasteiger partial charge in [-0.05, 0) is 45.4 Å². The lowest BCUT2D eigenvalue weighted by atomic mass is 10.1. The molecule has 5 heteroatoms. The van der Waals surface area contributed by atoms with Crippen LogP contribution in [0.3, 0.4) is 0 Å². The first kappa shape index (κ1) is 15.8. The van der Waals surface area contributed by atoms with Gasteiger partial charge in [-0.1, -0.05) is 18.5 Å². The normalized spacial score (nSPS) is 11.9. The highest BCUT2D eigenvalue weighted by Crippen LogP contribution is 2.33. The van der Waals surface area contributed by atoms with Crippen molar-refractivity contribution < 1.29 is 4.39 Å². The summed E-state index contributed by atoms with van der Waals surface area (Å²) < 4.78 is 15.4. The van der Waals surface area contributed by atoms with Gasteiger partial charge in [-0.25, -0.2) is 9.37 Å². The summed E-state index contributed by atoms with van der Waals surface area (Å²) in [6, 6.07) is 4.56. The highest BCUT2D eigenvalue weighted by Gasteiger charge is 2.24. The van der Waals surface area contributed by atoms with Crippen LogP contribution in [-0.2, 0) is 12.0 Å². The molecule has 0 aliphatic heterocycles. The summed E-state index contributed by atoms with van der Waals surface area (Å²) in [5.41, 5.74) is 7.54. The second kappa shape index (κ2) is 5.68. The van der Waals surface area contributed by atoms with E-state index in [1.54, 1.807) is 12.1 Å². The van der Waals surface area contributed by atoms with Gasteiger partial charge < -0.3 is 10.3 Å². The molecule has 3 nitrogen and oxygen atoms in total. The first-order valence-electron chi connectivity index (χ1n) is 7.08. The molecule has 0 unspecified atom stereocenters. The van der Waals surface area contributed by atoms with Crippen molar-refractivity contribution >= 4 is 17.4 Å². The Labute approximate surface area is 129 Å². The quantitative estimate of drug-likeness (QED) is 0.898. The zero-order chi connectivity index (χ0) is 15.8. The number of aryl methyl sites for hydroxylation is 1. The zero-order valence-electron chi connectivity index (χ0n) is 12.9. The van der Waals surface area contributed by atoms with E-state index in [1.165, 1.54) is 6.07 Å². The summed E-state index contributed by atoms with van der Waals surface area (Å²) in [6.07, 6.45) is 1.83. The van der Waals surface area contributed by atoms with Crippen LogP contribution < -0.4 is 5.73 Å². The molecule has 0 saturated carbocycles. The smallest absolute Gasteiger partial charge is 0.141 e. The van der Waals surface area contributed by atoms with Gasteiger partial charge in [0.15, 0.2) is 0 Å². The molecule has 0 amide bonds. The Balaban J connectivity index is 2.62. The Morgan fingerprint density at radius 1 is 1.33 bits per heavy atom. The number of nitrogen functional groups attached to an aromatic ring is 1. The molecule has 2 rings (SSSR count). The van der Waals surface area contributed by atoms with Crippen LogP contribution in [0, 0.1) is 5.82 Å². The molecule has 0 bridgehead atoms. The molecule has 2 aromatic rings. The van der Waals surface area contributed by atoms with Crippen LogP contribution in [0.5, 0.6) is 0 Å². The standard InChI is InChI=1S/C16H21ClFN3/c1-5-6-13-20-14(15(19)21(13)16(2,3)4)10-7-8-12(18)11(17)9-10/h7-9H,5-6,19H2,1-4H3. The molecular formula is C16H21ClFN3. The first-order valence-corrected chi connectivity index (χ1v) is 7.46. The van der Waals surface area contributed by atoms with Crippen molar-refractivity contribution in [2.75, 3.05) is 5.73 Å². The molecule has 0 atom stereocenters. The van der Waals surface area contributed by atoms with E-state index in [2.05, 4.69) is 32.7 Å². The molecule has 0 radical (unpaired) electrons. The number of benzene rings is 1. The number of anilines is 1. The molecule has 1 heterocycles. The van der Waals surface area contributed by atoms with E-state index in [0.29, 0.717) is 11.5 Å². The lowest BCUT2D eigenvalue weighted by Crippen LogP contribution is -2.25. The van der Waals surface area contributed by atoms with Crippen LogP contribution in [0.2, 0.25) is 5.02 Å². The van der Waals surface area contributed by atoms with Crippen LogP contribution in [0.1, 0.15) is 39.9 Å². The summed E-state index contributed by atoms with van der Waals surface area (Å²) in [5, 5.41) is 0.0780. The van der Waals surface area contributed by atoms with Gasteiger partial charge >= 0.3 is 0 Å². The third-order valence-corrected chi connectivity index (χ3v) is 3.61. The molecule has 0 fully saturated rings. The van der Waals surface area contributed by atoms with E-state index >= 15 is 0 Å². The number of imidazole rings is 1. The van der Waals surface area contributed by atoms with E-state index in [1.807, 2.05) is 4.57 Å². The summed E-state index contributed by atoms with van der Waals surface area (Å²) in [6.45, 7) is 8.37. The average molecular weight is 310 g/mol. The number of rotatable bonds is 3. The second-order valence-corrected chi connectivity index (χ2v) is 6.55. The van der Waals surface area contributed by atoms with Gasteiger partial charge in [0.2, 0.25) is 0 Å². The van der Waals surface area contributed by atoms with E-state index < -0.39 is 5.82 Å². The Morgan fingerprint density at radius 2 is 2.00 bits per heavy atom. The summed E-state index contributed by atoms with van der Waals surface area (Å²) in [5.74, 6) is 1.09. The fourth-order valence-electron chi connectivity index (χ4n) is 2.48. The summed E-state index contributed by atoms with van der Waals surface area (Å²) in [4.78, 5) is 4.66. The average Bonchev–Trinajstić information content (AvgIpc) is 2.70. The molecular weight excluding hydrogens is 289 g/mol.